The van der Waals surface area contributed by atoms with Crippen LogP contribution in [0.2, 0.25) is 0 Å². The Balaban J connectivity index is 1.74. The quantitative estimate of drug-likeness (QED) is 0.768. The summed E-state index contributed by atoms with van der Waals surface area (Å²) in [7, 11) is 0. The van der Waals surface area contributed by atoms with Gasteiger partial charge in [0.1, 0.15) is 18.1 Å². The molecule has 1 fully saturated rings. The molecule has 2 rings (SSSR count). The van der Waals surface area contributed by atoms with Crippen LogP contribution >= 0.6 is 0 Å². The van der Waals surface area contributed by atoms with Crippen LogP contribution in [0.1, 0.15) is 33.1 Å². The van der Waals surface area contributed by atoms with Crippen molar-refractivity contribution in [2.24, 2.45) is 5.92 Å². The van der Waals surface area contributed by atoms with E-state index in [4.69, 9.17) is 14.2 Å². The smallest absolute Gasteiger partial charge is 0.119 e. The molecule has 0 bridgehead atoms. The molecule has 0 radical (unpaired) electrons. The predicted octanol–water partition coefficient (Wildman–Crippen LogP) is 2.39. The van der Waals surface area contributed by atoms with E-state index in [1.54, 1.807) is 0 Å². The van der Waals surface area contributed by atoms with Gasteiger partial charge in [-0.05, 0) is 43.0 Å². The van der Waals surface area contributed by atoms with E-state index in [9.17, 15) is 10.2 Å². The van der Waals surface area contributed by atoms with Gasteiger partial charge in [0, 0.05) is 19.6 Å². The van der Waals surface area contributed by atoms with Gasteiger partial charge in [0.25, 0.3) is 0 Å². The molecule has 5 heteroatoms. The normalized spacial score (nSPS) is 18.7. The van der Waals surface area contributed by atoms with E-state index in [-0.39, 0.29) is 6.61 Å². The lowest BCUT2D eigenvalue weighted by Crippen LogP contribution is -2.40. The van der Waals surface area contributed by atoms with Crippen LogP contribution in [0.25, 0.3) is 0 Å². The number of hydrogen-bond donors (Lipinski definition) is 2. The van der Waals surface area contributed by atoms with Crippen LogP contribution in [0.4, 0.5) is 0 Å². The second-order valence-electron chi connectivity index (χ2n) is 6.68. The largest absolute Gasteiger partial charge is 0.493 e. The number of rotatable bonds is 8. The van der Waals surface area contributed by atoms with Crippen LogP contribution in [-0.2, 0) is 4.74 Å². The predicted molar refractivity (Wildman–Crippen MR) is 87.9 cm³/mol. The van der Waals surface area contributed by atoms with E-state index in [0.29, 0.717) is 50.8 Å². The maximum absolute atomic E-state index is 10.4. The van der Waals surface area contributed by atoms with E-state index in [2.05, 4.69) is 13.8 Å². The van der Waals surface area contributed by atoms with Crippen LogP contribution in [0.3, 0.4) is 0 Å². The lowest BCUT2D eigenvalue weighted by molar-refractivity contribution is -0.0906. The minimum atomic E-state index is -0.838. The van der Waals surface area contributed by atoms with Crippen LogP contribution in [0, 0.1) is 5.92 Å². The molecule has 0 amide bonds. The van der Waals surface area contributed by atoms with Crippen molar-refractivity contribution in [1.29, 1.82) is 0 Å². The highest BCUT2D eigenvalue weighted by molar-refractivity contribution is 5.31. The first-order valence-electron chi connectivity index (χ1n) is 8.31. The zero-order valence-corrected chi connectivity index (χ0v) is 14.0. The number of ether oxygens (including phenoxy) is 3. The van der Waals surface area contributed by atoms with Gasteiger partial charge in [-0.25, -0.2) is 0 Å². The summed E-state index contributed by atoms with van der Waals surface area (Å²) in [5, 5.41) is 20.4. The molecule has 1 aliphatic heterocycles. The fourth-order valence-corrected chi connectivity index (χ4v) is 2.54. The van der Waals surface area contributed by atoms with Crippen molar-refractivity contribution in [1.82, 2.24) is 0 Å². The molecule has 1 aromatic carbocycles. The molecule has 1 heterocycles. The van der Waals surface area contributed by atoms with E-state index >= 15 is 0 Å². The monoisotopic (exact) mass is 324 g/mol. The Kier molecular flexibility index (Phi) is 6.69. The molecule has 23 heavy (non-hydrogen) atoms. The summed E-state index contributed by atoms with van der Waals surface area (Å²) in [5.74, 6) is 1.97. The first kappa shape index (κ1) is 18.0. The average Bonchev–Trinajstić information content (AvgIpc) is 2.52. The Bertz CT molecular complexity index is 451. The Hall–Kier alpha value is -1.30. The molecule has 5 nitrogen and oxygen atoms in total. The third-order valence-corrected chi connectivity index (χ3v) is 3.89. The summed E-state index contributed by atoms with van der Waals surface area (Å²) in [6.45, 7) is 6.14. The van der Waals surface area contributed by atoms with Crippen molar-refractivity contribution in [2.75, 3.05) is 26.4 Å². The molecule has 130 valence electrons. The fraction of sp³-hybridized carbons (Fsp3) is 0.667. The molecule has 1 atom stereocenters. The summed E-state index contributed by atoms with van der Waals surface area (Å²) < 4.78 is 16.4. The summed E-state index contributed by atoms with van der Waals surface area (Å²) in [5.41, 5.74) is -0.838. The molecule has 1 saturated heterocycles. The van der Waals surface area contributed by atoms with Crippen LogP contribution in [-0.4, -0.2) is 48.3 Å². The van der Waals surface area contributed by atoms with Gasteiger partial charge in [-0.2, -0.15) is 0 Å². The third-order valence-electron chi connectivity index (χ3n) is 3.89. The van der Waals surface area contributed by atoms with Crippen LogP contribution < -0.4 is 9.47 Å². The zero-order chi connectivity index (χ0) is 16.7. The van der Waals surface area contributed by atoms with Gasteiger partial charge in [0.2, 0.25) is 0 Å². The lowest BCUT2D eigenvalue weighted by atomic mass is 9.88. The molecule has 0 spiro atoms. The maximum atomic E-state index is 10.4. The first-order valence-corrected chi connectivity index (χ1v) is 8.31. The SMILES string of the molecule is CC(C)COc1ccc(OCC(O)CC2(O)CCOCC2)cc1. The van der Waals surface area contributed by atoms with Gasteiger partial charge < -0.3 is 24.4 Å². The van der Waals surface area contributed by atoms with E-state index < -0.39 is 11.7 Å². The summed E-state index contributed by atoms with van der Waals surface area (Å²) in [4.78, 5) is 0. The standard InChI is InChI=1S/C18H28O5/c1-14(2)12-22-16-3-5-17(6-4-16)23-13-15(19)11-18(20)7-9-21-10-8-18/h3-6,14-15,19-20H,7-13H2,1-2H3. The number of hydrogen-bond acceptors (Lipinski definition) is 5. The van der Waals surface area contributed by atoms with Crippen molar-refractivity contribution in [3.63, 3.8) is 0 Å². The van der Waals surface area contributed by atoms with E-state index in [1.807, 2.05) is 24.3 Å². The Morgan fingerprint density at radius 3 is 2.09 bits per heavy atom. The Morgan fingerprint density at radius 1 is 1.04 bits per heavy atom. The molecule has 0 aromatic heterocycles. The van der Waals surface area contributed by atoms with Crippen molar-refractivity contribution in [2.45, 2.75) is 44.8 Å². The molecule has 0 aliphatic carbocycles. The minimum Gasteiger partial charge on any atom is -0.493 e. The number of aliphatic hydroxyl groups excluding tert-OH is 1. The van der Waals surface area contributed by atoms with E-state index in [0.717, 1.165) is 5.75 Å². The van der Waals surface area contributed by atoms with Crippen molar-refractivity contribution in [3.8, 4) is 11.5 Å². The second kappa shape index (κ2) is 8.52. The highest BCUT2D eigenvalue weighted by Gasteiger charge is 2.32. The van der Waals surface area contributed by atoms with Crippen LogP contribution in [0.15, 0.2) is 24.3 Å². The van der Waals surface area contributed by atoms with Crippen molar-refractivity contribution < 1.29 is 24.4 Å². The molecular formula is C18H28O5. The van der Waals surface area contributed by atoms with E-state index in [1.165, 1.54) is 0 Å². The number of aliphatic hydroxyl groups is 2. The van der Waals surface area contributed by atoms with Gasteiger partial charge in [0.05, 0.1) is 18.3 Å². The third kappa shape index (κ3) is 6.37. The Labute approximate surface area is 138 Å². The zero-order valence-electron chi connectivity index (χ0n) is 14.0. The summed E-state index contributed by atoms with van der Waals surface area (Å²) in [6.07, 6.45) is 0.735. The fourth-order valence-electron chi connectivity index (χ4n) is 2.54. The highest BCUT2D eigenvalue weighted by atomic mass is 16.5. The lowest BCUT2D eigenvalue weighted by Gasteiger charge is -2.33. The van der Waals surface area contributed by atoms with Gasteiger partial charge >= 0.3 is 0 Å². The minimum absolute atomic E-state index is 0.162. The molecule has 1 aromatic rings. The van der Waals surface area contributed by atoms with Crippen molar-refractivity contribution in [3.05, 3.63) is 24.3 Å². The Morgan fingerprint density at radius 2 is 1.57 bits per heavy atom. The molecule has 0 saturated carbocycles. The summed E-state index contributed by atoms with van der Waals surface area (Å²) in [6, 6.07) is 7.36. The first-order chi connectivity index (χ1) is 11.0. The van der Waals surface area contributed by atoms with Gasteiger partial charge in [0.15, 0.2) is 0 Å². The van der Waals surface area contributed by atoms with Crippen molar-refractivity contribution >= 4 is 0 Å². The highest BCUT2D eigenvalue weighted by Crippen LogP contribution is 2.26. The molecular weight excluding hydrogens is 296 g/mol. The average molecular weight is 324 g/mol. The topological polar surface area (TPSA) is 68.2 Å². The molecule has 1 aliphatic rings. The summed E-state index contributed by atoms with van der Waals surface area (Å²) >= 11 is 0. The number of benzene rings is 1. The van der Waals surface area contributed by atoms with Gasteiger partial charge in [-0.3, -0.25) is 0 Å². The second-order valence-corrected chi connectivity index (χ2v) is 6.68. The molecule has 1 unspecified atom stereocenters. The van der Waals surface area contributed by atoms with Gasteiger partial charge in [-0.15, -0.1) is 0 Å². The van der Waals surface area contributed by atoms with Gasteiger partial charge in [-0.1, -0.05) is 13.8 Å². The van der Waals surface area contributed by atoms with Crippen LogP contribution in [0.5, 0.6) is 11.5 Å². The molecule has 2 N–H and O–H groups in total. The maximum Gasteiger partial charge on any atom is 0.119 e.